The topological polar surface area (TPSA) is 61.4 Å². The Labute approximate surface area is 112 Å². The van der Waals surface area contributed by atoms with Crippen LogP contribution in [-0.2, 0) is 9.59 Å². The van der Waals surface area contributed by atoms with Gasteiger partial charge in [0.25, 0.3) is 0 Å². The van der Waals surface area contributed by atoms with Gasteiger partial charge in [-0.1, -0.05) is 12.1 Å². The molecule has 0 aromatic heterocycles. The van der Waals surface area contributed by atoms with Crippen LogP contribution in [0.1, 0.15) is 12.8 Å². The Morgan fingerprint density at radius 1 is 1.26 bits per heavy atom. The van der Waals surface area contributed by atoms with Gasteiger partial charge in [-0.3, -0.25) is 9.59 Å². The Morgan fingerprint density at radius 2 is 2.11 bits per heavy atom. The molecule has 1 atom stereocenters. The molecule has 1 aromatic rings. The van der Waals surface area contributed by atoms with E-state index in [1.165, 1.54) is 0 Å². The van der Waals surface area contributed by atoms with Crippen LogP contribution in [-0.4, -0.2) is 31.4 Å². The summed E-state index contributed by atoms with van der Waals surface area (Å²) in [5.74, 6) is -0.201. The largest absolute Gasteiger partial charge is 0.383 e. The fourth-order valence-electron chi connectivity index (χ4n) is 2.67. The monoisotopic (exact) mass is 259 g/mol. The van der Waals surface area contributed by atoms with Gasteiger partial charge in [0.2, 0.25) is 11.8 Å². The molecule has 3 rings (SSSR count). The molecule has 2 N–H and O–H groups in total. The van der Waals surface area contributed by atoms with Crippen LogP contribution in [0, 0.1) is 5.92 Å². The molecule has 0 spiro atoms. The standard InChI is InChI=1S/C14H17N3O2/c18-13-8-10(9-16-13)14(19)17-7-3-6-15-11-4-1-2-5-12(11)17/h1-2,4-5,10,15H,3,6-9H2,(H,16,18). The summed E-state index contributed by atoms with van der Waals surface area (Å²) in [5, 5.41) is 6.06. The molecule has 1 unspecified atom stereocenters. The molecule has 0 saturated carbocycles. The van der Waals surface area contributed by atoms with Gasteiger partial charge in [-0.2, -0.15) is 0 Å². The van der Waals surface area contributed by atoms with Crippen molar-refractivity contribution in [2.24, 2.45) is 5.92 Å². The number of fused-ring (bicyclic) bond motifs is 1. The molecule has 1 saturated heterocycles. The van der Waals surface area contributed by atoms with E-state index in [-0.39, 0.29) is 17.7 Å². The highest BCUT2D eigenvalue weighted by atomic mass is 16.2. The average Bonchev–Trinajstić information content (AvgIpc) is 2.74. The second-order valence-electron chi connectivity index (χ2n) is 4.99. The van der Waals surface area contributed by atoms with Gasteiger partial charge in [0, 0.05) is 26.1 Å². The molecule has 5 heteroatoms. The molecule has 19 heavy (non-hydrogen) atoms. The fraction of sp³-hybridized carbons (Fsp3) is 0.429. The van der Waals surface area contributed by atoms with Crippen molar-refractivity contribution in [3.63, 3.8) is 0 Å². The maximum Gasteiger partial charge on any atom is 0.232 e. The summed E-state index contributed by atoms with van der Waals surface area (Å²) >= 11 is 0. The van der Waals surface area contributed by atoms with Crippen LogP contribution in [0.15, 0.2) is 24.3 Å². The second kappa shape index (κ2) is 4.91. The number of carbonyl (C=O) groups is 2. The van der Waals surface area contributed by atoms with Gasteiger partial charge >= 0.3 is 0 Å². The number of hydrogen-bond donors (Lipinski definition) is 2. The minimum atomic E-state index is -0.223. The van der Waals surface area contributed by atoms with Crippen LogP contribution < -0.4 is 15.5 Å². The number of hydrogen-bond acceptors (Lipinski definition) is 3. The Hall–Kier alpha value is -2.04. The van der Waals surface area contributed by atoms with Crippen molar-refractivity contribution < 1.29 is 9.59 Å². The summed E-state index contributed by atoms with van der Waals surface area (Å²) in [7, 11) is 0. The smallest absolute Gasteiger partial charge is 0.232 e. The molecule has 2 amide bonds. The van der Waals surface area contributed by atoms with E-state index in [0.29, 0.717) is 19.5 Å². The number of para-hydroxylation sites is 2. The van der Waals surface area contributed by atoms with E-state index in [1.807, 2.05) is 29.2 Å². The summed E-state index contributed by atoms with van der Waals surface area (Å²) in [5.41, 5.74) is 1.91. The Kier molecular flexibility index (Phi) is 3.11. The number of amides is 2. The van der Waals surface area contributed by atoms with Crippen LogP contribution in [0.5, 0.6) is 0 Å². The van der Waals surface area contributed by atoms with E-state index in [9.17, 15) is 9.59 Å². The predicted octanol–water partition coefficient (Wildman–Crippen LogP) is 0.971. The average molecular weight is 259 g/mol. The maximum atomic E-state index is 12.6. The van der Waals surface area contributed by atoms with Crippen molar-refractivity contribution in [1.82, 2.24) is 5.32 Å². The van der Waals surface area contributed by atoms with Crippen molar-refractivity contribution in [3.8, 4) is 0 Å². The molecule has 2 heterocycles. The summed E-state index contributed by atoms with van der Waals surface area (Å²) in [6, 6.07) is 7.83. The number of nitrogens with one attached hydrogen (secondary N) is 2. The highest BCUT2D eigenvalue weighted by Gasteiger charge is 2.33. The molecular weight excluding hydrogens is 242 g/mol. The van der Waals surface area contributed by atoms with Crippen molar-refractivity contribution >= 4 is 23.2 Å². The van der Waals surface area contributed by atoms with E-state index in [2.05, 4.69) is 10.6 Å². The summed E-state index contributed by atoms with van der Waals surface area (Å²) in [4.78, 5) is 25.6. The maximum absolute atomic E-state index is 12.6. The van der Waals surface area contributed by atoms with E-state index in [4.69, 9.17) is 0 Å². The minimum absolute atomic E-state index is 0.0282. The van der Waals surface area contributed by atoms with Crippen molar-refractivity contribution in [3.05, 3.63) is 24.3 Å². The first-order valence-electron chi connectivity index (χ1n) is 6.66. The van der Waals surface area contributed by atoms with Gasteiger partial charge in [-0.25, -0.2) is 0 Å². The molecule has 1 aromatic carbocycles. The van der Waals surface area contributed by atoms with E-state index in [1.54, 1.807) is 0 Å². The van der Waals surface area contributed by atoms with Gasteiger partial charge in [0.05, 0.1) is 17.3 Å². The summed E-state index contributed by atoms with van der Waals surface area (Å²) in [6.07, 6.45) is 1.22. The van der Waals surface area contributed by atoms with Gasteiger partial charge in [0.1, 0.15) is 0 Å². The zero-order valence-electron chi connectivity index (χ0n) is 10.7. The lowest BCUT2D eigenvalue weighted by molar-refractivity contribution is -0.124. The molecule has 5 nitrogen and oxygen atoms in total. The van der Waals surface area contributed by atoms with E-state index >= 15 is 0 Å². The van der Waals surface area contributed by atoms with Gasteiger partial charge in [0.15, 0.2) is 0 Å². The zero-order chi connectivity index (χ0) is 13.2. The zero-order valence-corrected chi connectivity index (χ0v) is 10.7. The van der Waals surface area contributed by atoms with E-state index in [0.717, 1.165) is 24.3 Å². The van der Waals surface area contributed by atoms with Gasteiger partial charge < -0.3 is 15.5 Å². The third-order valence-corrected chi connectivity index (χ3v) is 3.66. The van der Waals surface area contributed by atoms with Crippen LogP contribution in [0.4, 0.5) is 11.4 Å². The van der Waals surface area contributed by atoms with Crippen LogP contribution in [0.3, 0.4) is 0 Å². The molecule has 0 radical (unpaired) electrons. The SMILES string of the molecule is O=C1CC(C(=O)N2CCCNc3ccccc32)CN1. The number of rotatable bonds is 1. The second-order valence-corrected chi connectivity index (χ2v) is 4.99. The number of carbonyl (C=O) groups excluding carboxylic acids is 2. The quantitative estimate of drug-likeness (QED) is 0.790. The highest BCUT2D eigenvalue weighted by molar-refractivity contribution is 6.01. The first-order valence-corrected chi connectivity index (χ1v) is 6.66. The molecule has 2 aliphatic rings. The normalized spacial score (nSPS) is 22.2. The number of benzene rings is 1. The number of anilines is 2. The Bertz CT molecular complexity index is 515. The van der Waals surface area contributed by atoms with Gasteiger partial charge in [-0.15, -0.1) is 0 Å². The minimum Gasteiger partial charge on any atom is -0.383 e. The molecule has 0 aliphatic carbocycles. The fourth-order valence-corrected chi connectivity index (χ4v) is 2.67. The van der Waals surface area contributed by atoms with Crippen LogP contribution >= 0.6 is 0 Å². The third-order valence-electron chi connectivity index (χ3n) is 3.66. The van der Waals surface area contributed by atoms with Crippen LogP contribution in [0.25, 0.3) is 0 Å². The predicted molar refractivity (Wildman–Crippen MR) is 73.0 cm³/mol. The molecular formula is C14H17N3O2. The lowest BCUT2D eigenvalue weighted by Gasteiger charge is -2.24. The molecule has 0 bridgehead atoms. The highest BCUT2D eigenvalue weighted by Crippen LogP contribution is 2.30. The number of nitrogens with zero attached hydrogens (tertiary/aromatic N) is 1. The third kappa shape index (κ3) is 2.28. The Morgan fingerprint density at radius 3 is 2.89 bits per heavy atom. The summed E-state index contributed by atoms with van der Waals surface area (Å²) in [6.45, 7) is 2.03. The van der Waals surface area contributed by atoms with E-state index < -0.39 is 0 Å². The molecule has 2 aliphatic heterocycles. The van der Waals surface area contributed by atoms with Crippen molar-refractivity contribution in [2.75, 3.05) is 29.9 Å². The van der Waals surface area contributed by atoms with Crippen molar-refractivity contribution in [1.29, 1.82) is 0 Å². The first kappa shape index (κ1) is 12.0. The van der Waals surface area contributed by atoms with Gasteiger partial charge in [-0.05, 0) is 18.6 Å². The molecule has 100 valence electrons. The van der Waals surface area contributed by atoms with Crippen LogP contribution in [0.2, 0.25) is 0 Å². The Balaban J connectivity index is 1.87. The first-order chi connectivity index (χ1) is 9.25. The lowest BCUT2D eigenvalue weighted by Crippen LogP contribution is -2.37. The molecule has 1 fully saturated rings. The van der Waals surface area contributed by atoms with Crippen molar-refractivity contribution in [2.45, 2.75) is 12.8 Å². The summed E-state index contributed by atoms with van der Waals surface area (Å²) < 4.78 is 0. The lowest BCUT2D eigenvalue weighted by atomic mass is 10.1.